The molecule has 130 valence electrons. The van der Waals surface area contributed by atoms with Crippen LogP contribution in [0.3, 0.4) is 0 Å². The van der Waals surface area contributed by atoms with Crippen molar-refractivity contribution in [3.8, 4) is 11.5 Å². The zero-order valence-electron chi connectivity index (χ0n) is 12.1. The number of phenolic OH excluding ortho intramolecular Hbond substituents is 2. The zero-order chi connectivity index (χ0) is 18.2. The van der Waals surface area contributed by atoms with Crippen molar-refractivity contribution >= 4 is 11.9 Å². The Kier molecular flexibility index (Phi) is 8.58. The van der Waals surface area contributed by atoms with Crippen LogP contribution < -0.4 is 5.32 Å². The number of nitrogens with one attached hydrogen (secondary N) is 1. The van der Waals surface area contributed by atoms with Gasteiger partial charge in [0.15, 0.2) is 23.7 Å². The van der Waals surface area contributed by atoms with Crippen molar-refractivity contribution in [1.82, 2.24) is 5.32 Å². The van der Waals surface area contributed by atoms with E-state index in [0.29, 0.717) is 12.1 Å². The second kappa shape index (κ2) is 9.58. The van der Waals surface area contributed by atoms with Gasteiger partial charge in [-0.2, -0.15) is 0 Å². The zero-order valence-corrected chi connectivity index (χ0v) is 12.1. The normalized spacial score (nSPS) is 14.1. The van der Waals surface area contributed by atoms with Gasteiger partial charge in [-0.3, -0.25) is 0 Å². The first-order chi connectivity index (χ1) is 10.6. The number of aromatic hydroxyl groups is 2. The Morgan fingerprint density at radius 2 is 1.48 bits per heavy atom. The summed E-state index contributed by atoms with van der Waals surface area (Å²) in [5.41, 5.74) is 0.574. The minimum Gasteiger partial charge on any atom is -0.504 e. The summed E-state index contributed by atoms with van der Waals surface area (Å²) in [7, 11) is 1.73. The third kappa shape index (κ3) is 6.93. The monoisotopic (exact) mass is 333 g/mol. The number of phenols is 2. The lowest BCUT2D eigenvalue weighted by molar-refractivity contribution is -0.165. The van der Waals surface area contributed by atoms with Crippen molar-refractivity contribution in [2.75, 3.05) is 13.6 Å². The van der Waals surface area contributed by atoms with E-state index in [-0.39, 0.29) is 11.5 Å². The van der Waals surface area contributed by atoms with E-state index >= 15 is 0 Å². The van der Waals surface area contributed by atoms with Crippen LogP contribution in [0.1, 0.15) is 11.7 Å². The number of benzene rings is 1. The molecule has 10 heteroatoms. The lowest BCUT2D eigenvalue weighted by Crippen LogP contribution is -2.39. The molecule has 1 aromatic rings. The van der Waals surface area contributed by atoms with Crippen LogP contribution in [0.15, 0.2) is 18.2 Å². The molecule has 3 atom stereocenters. The summed E-state index contributed by atoms with van der Waals surface area (Å²) < 4.78 is 0. The number of hydrogen-bond acceptors (Lipinski definition) is 8. The number of carboxylic acids is 2. The molecule has 0 amide bonds. The van der Waals surface area contributed by atoms with Crippen molar-refractivity contribution in [2.24, 2.45) is 0 Å². The molecule has 0 saturated carbocycles. The summed E-state index contributed by atoms with van der Waals surface area (Å²) in [6.45, 7) is 0.407. The molecule has 0 aliphatic heterocycles. The molecule has 0 aliphatic rings. The van der Waals surface area contributed by atoms with Gasteiger partial charge in [-0.25, -0.2) is 9.59 Å². The van der Waals surface area contributed by atoms with Crippen LogP contribution >= 0.6 is 0 Å². The third-order valence-corrected chi connectivity index (χ3v) is 2.59. The van der Waals surface area contributed by atoms with Gasteiger partial charge in [0.05, 0.1) is 6.10 Å². The van der Waals surface area contributed by atoms with E-state index in [1.54, 1.807) is 13.1 Å². The number of carbonyl (C=O) groups is 2. The van der Waals surface area contributed by atoms with Crippen molar-refractivity contribution < 1.29 is 45.3 Å². The van der Waals surface area contributed by atoms with Crippen LogP contribution in [0.4, 0.5) is 0 Å². The number of aliphatic hydroxyl groups is 3. The van der Waals surface area contributed by atoms with Crippen molar-refractivity contribution in [2.45, 2.75) is 18.3 Å². The van der Waals surface area contributed by atoms with Gasteiger partial charge in [-0.05, 0) is 24.7 Å². The molecule has 0 unspecified atom stereocenters. The lowest BCUT2D eigenvalue weighted by atomic mass is 10.1. The Morgan fingerprint density at radius 1 is 1.00 bits per heavy atom. The fraction of sp³-hybridized carbons (Fsp3) is 0.385. The Labute approximate surface area is 130 Å². The quantitative estimate of drug-likeness (QED) is 0.277. The third-order valence-electron chi connectivity index (χ3n) is 2.59. The molecule has 10 nitrogen and oxygen atoms in total. The number of carboxylic acid groups (broad SMARTS) is 2. The Balaban J connectivity index is 0.000000438. The molecule has 1 aromatic carbocycles. The first-order valence-corrected chi connectivity index (χ1v) is 6.28. The first kappa shape index (κ1) is 20.6. The highest BCUT2D eigenvalue weighted by molar-refractivity contribution is 5.83. The molecule has 23 heavy (non-hydrogen) atoms. The summed E-state index contributed by atoms with van der Waals surface area (Å²) >= 11 is 0. The maximum Gasteiger partial charge on any atom is 0.335 e. The van der Waals surface area contributed by atoms with Crippen LogP contribution in [0, 0.1) is 0 Å². The van der Waals surface area contributed by atoms with E-state index in [2.05, 4.69) is 5.32 Å². The minimum absolute atomic E-state index is 0.180. The second-order valence-corrected chi connectivity index (χ2v) is 4.39. The van der Waals surface area contributed by atoms with Gasteiger partial charge in [0.25, 0.3) is 0 Å². The van der Waals surface area contributed by atoms with Gasteiger partial charge in [0.1, 0.15) is 0 Å². The predicted molar refractivity (Wildman–Crippen MR) is 75.9 cm³/mol. The number of likely N-dealkylation sites (N-methyl/N-ethyl adjacent to an activating group) is 1. The van der Waals surface area contributed by atoms with Crippen molar-refractivity contribution in [1.29, 1.82) is 0 Å². The van der Waals surface area contributed by atoms with Gasteiger partial charge >= 0.3 is 11.9 Å². The number of hydrogen-bond donors (Lipinski definition) is 8. The summed E-state index contributed by atoms with van der Waals surface area (Å²) in [4.78, 5) is 19.5. The highest BCUT2D eigenvalue weighted by Gasteiger charge is 2.29. The molecule has 0 heterocycles. The molecular formula is C13H19NO9. The van der Waals surface area contributed by atoms with E-state index < -0.39 is 30.3 Å². The van der Waals surface area contributed by atoms with E-state index in [9.17, 15) is 14.7 Å². The summed E-state index contributed by atoms with van der Waals surface area (Å²) in [6, 6.07) is 4.26. The highest BCUT2D eigenvalue weighted by atomic mass is 16.4. The largest absolute Gasteiger partial charge is 0.504 e. The average molecular weight is 333 g/mol. The average Bonchev–Trinajstić information content (AvgIpc) is 2.49. The molecular weight excluding hydrogens is 314 g/mol. The molecule has 0 radical (unpaired) electrons. The molecule has 0 fully saturated rings. The van der Waals surface area contributed by atoms with Crippen molar-refractivity contribution in [3.05, 3.63) is 23.8 Å². The number of rotatable bonds is 6. The molecule has 1 rings (SSSR count). The summed E-state index contributed by atoms with van der Waals surface area (Å²) in [6.07, 6.45) is -5.20. The fourth-order valence-electron chi connectivity index (χ4n) is 1.33. The smallest absolute Gasteiger partial charge is 0.335 e. The van der Waals surface area contributed by atoms with Gasteiger partial charge in [-0.15, -0.1) is 0 Å². The Morgan fingerprint density at radius 3 is 1.83 bits per heavy atom. The van der Waals surface area contributed by atoms with Gasteiger partial charge in [0, 0.05) is 6.54 Å². The fourth-order valence-corrected chi connectivity index (χ4v) is 1.33. The summed E-state index contributed by atoms with van der Waals surface area (Å²) in [5, 5.41) is 63.0. The number of aliphatic carboxylic acids is 2. The standard InChI is InChI=1S/C9H13NO3.C4H6O6/c1-10-5-9(13)6-2-3-7(11)8(12)4-6;5-1(3(7)8)2(6)4(9)10/h2-4,9-13H,5H2,1H3;1-2,5-6H,(H,7,8)(H,9,10)/t9-;1-,2-/m11/s1. The lowest BCUT2D eigenvalue weighted by Gasteiger charge is -2.10. The Bertz CT molecular complexity index is 516. The van der Waals surface area contributed by atoms with Crippen LogP contribution in [0.25, 0.3) is 0 Å². The summed E-state index contributed by atoms with van der Waals surface area (Å²) in [5.74, 6) is -3.93. The molecule has 8 N–H and O–H groups in total. The van der Waals surface area contributed by atoms with Gasteiger partial charge in [0.2, 0.25) is 0 Å². The van der Waals surface area contributed by atoms with Gasteiger partial charge in [-0.1, -0.05) is 6.07 Å². The van der Waals surface area contributed by atoms with Crippen LogP contribution in [0.5, 0.6) is 11.5 Å². The molecule has 0 aromatic heterocycles. The molecule has 0 aliphatic carbocycles. The molecule has 0 spiro atoms. The van der Waals surface area contributed by atoms with Crippen LogP contribution in [-0.2, 0) is 9.59 Å². The maximum absolute atomic E-state index is 9.77. The van der Waals surface area contributed by atoms with E-state index in [4.69, 9.17) is 30.6 Å². The Hall–Kier alpha value is -2.40. The topological polar surface area (TPSA) is 188 Å². The highest BCUT2D eigenvalue weighted by Crippen LogP contribution is 2.27. The first-order valence-electron chi connectivity index (χ1n) is 6.28. The van der Waals surface area contributed by atoms with Gasteiger partial charge < -0.3 is 41.1 Å². The van der Waals surface area contributed by atoms with E-state index in [1.807, 2.05) is 0 Å². The molecule has 0 saturated heterocycles. The number of aliphatic hydroxyl groups excluding tert-OH is 3. The second-order valence-electron chi connectivity index (χ2n) is 4.39. The van der Waals surface area contributed by atoms with E-state index in [0.717, 1.165) is 0 Å². The van der Waals surface area contributed by atoms with Crippen LogP contribution in [-0.4, -0.2) is 73.5 Å². The van der Waals surface area contributed by atoms with E-state index in [1.165, 1.54) is 12.1 Å². The molecule has 0 bridgehead atoms. The predicted octanol–water partition coefficient (Wildman–Crippen LogP) is -1.77. The van der Waals surface area contributed by atoms with Crippen molar-refractivity contribution in [3.63, 3.8) is 0 Å². The minimum atomic E-state index is -2.27. The maximum atomic E-state index is 9.77. The van der Waals surface area contributed by atoms with Crippen LogP contribution in [0.2, 0.25) is 0 Å². The SMILES string of the molecule is CNC[C@@H](O)c1ccc(O)c(O)c1.O=C(O)[C@H](O)[C@@H](O)C(=O)O.